The summed E-state index contributed by atoms with van der Waals surface area (Å²) in [5, 5.41) is 9.21. The number of carboxylic acid groups (broad SMARTS) is 1. The number of hydrogen-bond acceptors (Lipinski definition) is 2. The van der Waals surface area contributed by atoms with Gasteiger partial charge in [-0.1, -0.05) is 49.5 Å². The van der Waals surface area contributed by atoms with Crippen molar-refractivity contribution in [2.75, 3.05) is 5.75 Å². The van der Waals surface area contributed by atoms with Crippen LogP contribution in [-0.2, 0) is 21.8 Å². The molecule has 0 aliphatic carbocycles. The summed E-state index contributed by atoms with van der Waals surface area (Å²) in [6.07, 6.45) is 1.80. The smallest absolute Gasteiger partial charge is 0.336 e. The number of hydrogen-bond donors (Lipinski definition) is 1. The first kappa shape index (κ1) is 18.4. The topological polar surface area (TPSA) is 54.4 Å². The standard InChI is InChI=1S/C14H17Cl2FO3S/c1-3-5-8-21(20)12-9(4-2)10(13(18)19)6-7-11(12)14(15,16)17/h6-7H,3-5,8H2,1-2H3,(H,18,19)/t21-/m1/s1. The van der Waals surface area contributed by atoms with Crippen LogP contribution < -0.4 is 0 Å². The van der Waals surface area contributed by atoms with Gasteiger partial charge in [0.15, 0.2) is 0 Å². The maximum absolute atomic E-state index is 14.0. The zero-order valence-corrected chi connectivity index (χ0v) is 14.1. The van der Waals surface area contributed by atoms with Crippen LogP contribution in [0.25, 0.3) is 0 Å². The molecule has 0 aliphatic rings. The molecule has 0 aromatic heterocycles. The van der Waals surface area contributed by atoms with Crippen molar-refractivity contribution in [3.05, 3.63) is 28.8 Å². The fraction of sp³-hybridized carbons (Fsp3) is 0.500. The molecule has 0 saturated heterocycles. The molecular formula is C14H17Cl2FO3S. The molecule has 0 unspecified atom stereocenters. The first-order valence-corrected chi connectivity index (χ1v) is 8.66. The first-order valence-electron chi connectivity index (χ1n) is 6.58. The van der Waals surface area contributed by atoms with Crippen LogP contribution in [-0.4, -0.2) is 21.0 Å². The van der Waals surface area contributed by atoms with Gasteiger partial charge in [0.05, 0.1) is 21.3 Å². The van der Waals surface area contributed by atoms with E-state index in [0.29, 0.717) is 24.2 Å². The average Bonchev–Trinajstić information content (AvgIpc) is 2.41. The van der Waals surface area contributed by atoms with E-state index in [4.69, 9.17) is 23.2 Å². The molecule has 0 radical (unpaired) electrons. The van der Waals surface area contributed by atoms with E-state index in [0.717, 1.165) is 6.42 Å². The average molecular weight is 355 g/mol. The molecule has 1 atom stereocenters. The second-order valence-electron chi connectivity index (χ2n) is 4.53. The maximum atomic E-state index is 14.0. The van der Waals surface area contributed by atoms with E-state index in [1.54, 1.807) is 6.92 Å². The first-order chi connectivity index (χ1) is 9.73. The second kappa shape index (κ2) is 7.56. The molecule has 3 nitrogen and oxygen atoms in total. The van der Waals surface area contributed by atoms with Gasteiger partial charge in [0.2, 0.25) is 0 Å². The number of unbranched alkanes of at least 4 members (excludes halogenated alkanes) is 1. The molecule has 1 N–H and O–H groups in total. The van der Waals surface area contributed by atoms with Gasteiger partial charge < -0.3 is 5.11 Å². The summed E-state index contributed by atoms with van der Waals surface area (Å²) < 4.78 is 23.7. The van der Waals surface area contributed by atoms with Crippen LogP contribution in [0.4, 0.5) is 4.39 Å². The maximum Gasteiger partial charge on any atom is 0.336 e. The van der Waals surface area contributed by atoms with Crippen molar-refractivity contribution in [3.63, 3.8) is 0 Å². The lowest BCUT2D eigenvalue weighted by Crippen LogP contribution is -2.15. The molecule has 0 saturated carbocycles. The minimum Gasteiger partial charge on any atom is -0.478 e. The van der Waals surface area contributed by atoms with Gasteiger partial charge in [0, 0.05) is 11.3 Å². The van der Waals surface area contributed by atoms with Crippen molar-refractivity contribution in [3.8, 4) is 0 Å². The van der Waals surface area contributed by atoms with Gasteiger partial charge in [-0.05, 0) is 24.5 Å². The highest BCUT2D eigenvalue weighted by Gasteiger charge is 2.33. The van der Waals surface area contributed by atoms with E-state index < -0.39 is 21.4 Å². The zero-order chi connectivity index (χ0) is 16.2. The van der Waals surface area contributed by atoms with Crippen LogP contribution in [0.1, 0.15) is 48.2 Å². The van der Waals surface area contributed by atoms with Crippen LogP contribution in [0, 0.1) is 0 Å². The SMILES string of the molecule is CCCC[S@@](=O)c1c(C(F)(Cl)Cl)ccc(C(=O)O)c1CC. The van der Waals surface area contributed by atoms with E-state index in [-0.39, 0.29) is 16.0 Å². The van der Waals surface area contributed by atoms with Gasteiger partial charge in [-0.25, -0.2) is 9.18 Å². The van der Waals surface area contributed by atoms with Gasteiger partial charge in [0.25, 0.3) is 4.59 Å². The molecule has 21 heavy (non-hydrogen) atoms. The molecule has 0 bridgehead atoms. The second-order valence-corrected chi connectivity index (χ2v) is 7.27. The summed E-state index contributed by atoms with van der Waals surface area (Å²) in [5.74, 6) is -0.843. The summed E-state index contributed by atoms with van der Waals surface area (Å²) in [6, 6.07) is 2.44. The Morgan fingerprint density at radius 1 is 1.38 bits per heavy atom. The molecule has 7 heteroatoms. The number of aromatic carboxylic acids is 1. The van der Waals surface area contributed by atoms with Crippen molar-refractivity contribution in [2.45, 2.75) is 42.6 Å². The Bertz CT molecular complexity index is 556. The zero-order valence-electron chi connectivity index (χ0n) is 11.8. The van der Waals surface area contributed by atoms with Gasteiger partial charge >= 0.3 is 5.97 Å². The minimum atomic E-state index is -2.71. The number of carbonyl (C=O) groups is 1. The van der Waals surface area contributed by atoms with Gasteiger partial charge in [0.1, 0.15) is 0 Å². The summed E-state index contributed by atoms with van der Waals surface area (Å²) in [4.78, 5) is 11.4. The number of carboxylic acids is 1. The van der Waals surface area contributed by atoms with Crippen molar-refractivity contribution in [1.29, 1.82) is 0 Å². The predicted octanol–water partition coefficient (Wildman–Crippen LogP) is 4.41. The Morgan fingerprint density at radius 2 is 2.00 bits per heavy atom. The lowest BCUT2D eigenvalue weighted by atomic mass is 10.0. The highest BCUT2D eigenvalue weighted by molar-refractivity contribution is 7.85. The number of alkyl halides is 3. The Labute approximate surface area is 135 Å². The summed E-state index contributed by atoms with van der Waals surface area (Å²) in [7, 11) is -1.55. The third-order valence-electron chi connectivity index (χ3n) is 3.06. The molecule has 1 rings (SSSR count). The molecule has 1 aromatic carbocycles. The van der Waals surface area contributed by atoms with Gasteiger partial charge in [-0.3, -0.25) is 4.21 Å². The van der Waals surface area contributed by atoms with E-state index in [1.165, 1.54) is 12.1 Å². The highest BCUT2D eigenvalue weighted by Crippen LogP contribution is 2.40. The van der Waals surface area contributed by atoms with Gasteiger partial charge in [-0.15, -0.1) is 0 Å². The fourth-order valence-electron chi connectivity index (χ4n) is 2.04. The summed E-state index contributed by atoms with van der Waals surface area (Å²) >= 11 is 11.0. The van der Waals surface area contributed by atoms with Crippen molar-refractivity contribution in [2.24, 2.45) is 0 Å². The van der Waals surface area contributed by atoms with Crippen LogP contribution in [0.3, 0.4) is 0 Å². The quantitative estimate of drug-likeness (QED) is 0.737. The Kier molecular flexibility index (Phi) is 6.63. The Morgan fingerprint density at radius 3 is 2.43 bits per heavy atom. The van der Waals surface area contributed by atoms with Gasteiger partial charge in [-0.2, -0.15) is 0 Å². The molecule has 0 aliphatic heterocycles. The molecule has 118 valence electrons. The molecule has 1 aromatic rings. The summed E-state index contributed by atoms with van der Waals surface area (Å²) in [5.41, 5.74) is 0.179. The third-order valence-corrected chi connectivity index (χ3v) is 5.05. The fourth-order valence-corrected chi connectivity index (χ4v) is 4.21. The molecule has 0 amide bonds. The minimum absolute atomic E-state index is 0.00122. The number of benzene rings is 1. The van der Waals surface area contributed by atoms with Crippen LogP contribution >= 0.6 is 23.2 Å². The van der Waals surface area contributed by atoms with Crippen LogP contribution in [0.2, 0.25) is 0 Å². The van der Waals surface area contributed by atoms with E-state index in [9.17, 15) is 18.5 Å². The number of halogens is 3. The molecule has 0 spiro atoms. The van der Waals surface area contributed by atoms with Crippen LogP contribution in [0.5, 0.6) is 0 Å². The number of rotatable bonds is 7. The third kappa shape index (κ3) is 4.41. The highest BCUT2D eigenvalue weighted by atomic mass is 35.5. The monoisotopic (exact) mass is 354 g/mol. The molecule has 0 fully saturated rings. The predicted molar refractivity (Wildman–Crippen MR) is 83.5 cm³/mol. The largest absolute Gasteiger partial charge is 0.478 e. The van der Waals surface area contributed by atoms with Crippen molar-refractivity contribution < 1.29 is 18.5 Å². The Hall–Kier alpha value is -0.650. The van der Waals surface area contributed by atoms with Crippen molar-refractivity contribution >= 4 is 40.0 Å². The summed E-state index contributed by atoms with van der Waals surface area (Å²) in [6.45, 7) is 3.66. The van der Waals surface area contributed by atoms with E-state index >= 15 is 0 Å². The van der Waals surface area contributed by atoms with E-state index in [1.807, 2.05) is 6.92 Å². The van der Waals surface area contributed by atoms with E-state index in [2.05, 4.69) is 0 Å². The Balaban J connectivity index is 3.55. The van der Waals surface area contributed by atoms with Crippen LogP contribution in [0.15, 0.2) is 17.0 Å². The molecular weight excluding hydrogens is 338 g/mol. The lowest BCUT2D eigenvalue weighted by molar-refractivity contribution is 0.0695. The normalized spacial score (nSPS) is 13.2. The lowest BCUT2D eigenvalue weighted by Gasteiger charge is -2.19. The van der Waals surface area contributed by atoms with Crippen molar-refractivity contribution in [1.82, 2.24) is 0 Å². The molecule has 0 heterocycles.